The van der Waals surface area contributed by atoms with Crippen molar-refractivity contribution in [2.45, 2.75) is 6.54 Å². The second kappa shape index (κ2) is 3.55. The van der Waals surface area contributed by atoms with Crippen LogP contribution in [0.1, 0.15) is 5.56 Å². The lowest BCUT2D eigenvalue weighted by atomic mass is 10.3. The Morgan fingerprint density at radius 3 is 3.09 bits per heavy atom. The quantitative estimate of drug-likeness (QED) is 0.669. The topological polar surface area (TPSA) is 65.8 Å². The van der Waals surface area contributed by atoms with Crippen LogP contribution in [0, 0.1) is 0 Å². The van der Waals surface area contributed by atoms with Crippen molar-refractivity contribution in [1.29, 1.82) is 0 Å². The number of carbonyl (C=O) groups excluding carboxylic acids is 1. The van der Waals surface area contributed by atoms with E-state index >= 15 is 0 Å². The summed E-state index contributed by atoms with van der Waals surface area (Å²) in [6.45, 7) is 0.371. The first-order valence-corrected chi connectivity index (χ1v) is 3.17. The van der Waals surface area contributed by atoms with Gasteiger partial charge in [0.25, 0.3) is 0 Å². The third-order valence-electron chi connectivity index (χ3n) is 1.18. The van der Waals surface area contributed by atoms with Crippen molar-refractivity contribution in [3.63, 3.8) is 0 Å². The first kappa shape index (κ1) is 7.53. The maximum absolute atomic E-state index is 10.2. The van der Waals surface area contributed by atoms with E-state index in [9.17, 15) is 4.79 Å². The fraction of sp³-hybridized carbons (Fsp3) is 0.143. The summed E-state index contributed by atoms with van der Waals surface area (Å²) < 4.78 is 0. The third kappa shape index (κ3) is 2.66. The molecule has 0 fully saturated rings. The summed E-state index contributed by atoms with van der Waals surface area (Å²) in [5.74, 6) is 0. The number of carbonyl (C=O) groups is 1. The number of urea groups is 1. The molecule has 0 aliphatic rings. The average Bonchev–Trinajstić information content (AvgIpc) is 2.03. The molecule has 0 saturated carbocycles. The van der Waals surface area contributed by atoms with Gasteiger partial charge >= 0.3 is 6.03 Å². The summed E-state index contributed by atoms with van der Waals surface area (Å²) in [5, 5.41) is 2.35. The molecular weight excluding hydrogens is 142 g/mol. The highest BCUT2D eigenvalue weighted by molar-refractivity contribution is 5.70. The Morgan fingerprint density at radius 1 is 1.73 bits per heavy atom. The Labute approximate surface area is 64.4 Å². The minimum Gasteiger partial charge on any atom is -0.333 e. The summed E-state index contributed by atoms with van der Waals surface area (Å²) in [5.41, 5.74) is 7.45. The van der Waals surface area contributed by atoms with Crippen molar-refractivity contribution in [2.24, 2.45) is 0 Å². The Hall–Kier alpha value is -1.58. The number of hydrogen-bond donors (Lipinski definition) is 1. The van der Waals surface area contributed by atoms with Gasteiger partial charge in [0.2, 0.25) is 0 Å². The molecule has 0 unspecified atom stereocenters. The molecule has 2 amide bonds. The molecular formula is C7H8N3O. The van der Waals surface area contributed by atoms with Crippen molar-refractivity contribution in [3.05, 3.63) is 30.1 Å². The zero-order chi connectivity index (χ0) is 8.10. The van der Waals surface area contributed by atoms with Crippen molar-refractivity contribution >= 4 is 6.03 Å². The minimum atomic E-state index is -0.770. The molecule has 57 valence electrons. The molecule has 0 aliphatic heterocycles. The van der Waals surface area contributed by atoms with Gasteiger partial charge in [-0.1, -0.05) is 6.07 Å². The summed E-state index contributed by atoms with van der Waals surface area (Å²) in [7, 11) is 0. The number of rotatable bonds is 2. The zero-order valence-electron chi connectivity index (χ0n) is 5.87. The standard InChI is InChI=1S/C7H8N3O/c8-7(11)10-5-6-2-1-3-9-4-6/h1-4,8H,5H2,(H,10,11). The molecule has 4 heteroatoms. The molecule has 1 rings (SSSR count). The van der Waals surface area contributed by atoms with Crippen LogP contribution in [0.3, 0.4) is 0 Å². The van der Waals surface area contributed by atoms with Gasteiger partial charge in [-0.25, -0.2) is 10.5 Å². The maximum Gasteiger partial charge on any atom is 0.333 e. The van der Waals surface area contributed by atoms with Crippen LogP contribution in [0.2, 0.25) is 0 Å². The Kier molecular flexibility index (Phi) is 2.43. The van der Waals surface area contributed by atoms with Crippen LogP contribution in [0.15, 0.2) is 24.5 Å². The highest BCUT2D eigenvalue weighted by Gasteiger charge is 1.93. The lowest BCUT2D eigenvalue weighted by Gasteiger charge is -1.98. The highest BCUT2D eigenvalue weighted by Crippen LogP contribution is 1.93. The van der Waals surface area contributed by atoms with E-state index in [4.69, 9.17) is 5.73 Å². The molecule has 4 nitrogen and oxygen atoms in total. The van der Waals surface area contributed by atoms with Crippen LogP contribution in [0.4, 0.5) is 4.79 Å². The summed E-state index contributed by atoms with van der Waals surface area (Å²) in [6, 6.07) is 2.85. The monoisotopic (exact) mass is 150 g/mol. The summed E-state index contributed by atoms with van der Waals surface area (Å²) >= 11 is 0. The fourth-order valence-corrected chi connectivity index (χ4v) is 0.685. The lowest BCUT2D eigenvalue weighted by molar-refractivity contribution is 0.247. The van der Waals surface area contributed by atoms with Crippen LogP contribution in [-0.2, 0) is 6.54 Å². The first-order chi connectivity index (χ1) is 5.29. The SMILES string of the molecule is [NH]C(=O)NCc1cccnc1. The van der Waals surface area contributed by atoms with Gasteiger partial charge in [-0.2, -0.15) is 0 Å². The van der Waals surface area contributed by atoms with E-state index in [0.29, 0.717) is 6.54 Å². The molecule has 0 atom stereocenters. The number of aromatic nitrogens is 1. The predicted octanol–water partition coefficient (Wildman–Crippen LogP) is 0.574. The molecule has 1 radical (unpaired) electrons. The molecule has 0 aromatic carbocycles. The number of amides is 2. The van der Waals surface area contributed by atoms with E-state index in [1.807, 2.05) is 6.07 Å². The second-order valence-corrected chi connectivity index (χ2v) is 2.04. The second-order valence-electron chi connectivity index (χ2n) is 2.04. The van der Waals surface area contributed by atoms with Crippen LogP contribution >= 0.6 is 0 Å². The summed E-state index contributed by atoms with van der Waals surface area (Å²) in [4.78, 5) is 14.0. The van der Waals surface area contributed by atoms with Gasteiger partial charge in [-0.05, 0) is 11.6 Å². The van der Waals surface area contributed by atoms with Crippen LogP contribution in [0.5, 0.6) is 0 Å². The minimum absolute atomic E-state index is 0.371. The lowest BCUT2D eigenvalue weighted by Crippen LogP contribution is -2.21. The molecule has 0 aliphatic carbocycles. The fourth-order valence-electron chi connectivity index (χ4n) is 0.685. The van der Waals surface area contributed by atoms with Gasteiger partial charge in [0, 0.05) is 18.9 Å². The van der Waals surface area contributed by atoms with E-state index in [1.54, 1.807) is 18.5 Å². The summed E-state index contributed by atoms with van der Waals surface area (Å²) in [6.07, 6.45) is 3.31. The Bertz CT molecular complexity index is 235. The number of pyridine rings is 1. The predicted molar refractivity (Wildman–Crippen MR) is 39.6 cm³/mol. The van der Waals surface area contributed by atoms with Crippen LogP contribution in [-0.4, -0.2) is 11.0 Å². The Morgan fingerprint density at radius 2 is 2.55 bits per heavy atom. The van der Waals surface area contributed by atoms with Gasteiger partial charge in [0.1, 0.15) is 0 Å². The van der Waals surface area contributed by atoms with E-state index < -0.39 is 6.03 Å². The highest BCUT2D eigenvalue weighted by atomic mass is 16.2. The molecule has 1 aromatic rings. The van der Waals surface area contributed by atoms with Gasteiger partial charge in [-0.3, -0.25) is 4.98 Å². The average molecular weight is 150 g/mol. The van der Waals surface area contributed by atoms with Crippen molar-refractivity contribution in [3.8, 4) is 0 Å². The molecule has 11 heavy (non-hydrogen) atoms. The van der Waals surface area contributed by atoms with E-state index in [2.05, 4.69) is 10.3 Å². The largest absolute Gasteiger partial charge is 0.333 e. The number of hydrogen-bond acceptors (Lipinski definition) is 2. The first-order valence-electron chi connectivity index (χ1n) is 3.17. The number of nitrogens with zero attached hydrogens (tertiary/aromatic N) is 1. The van der Waals surface area contributed by atoms with Gasteiger partial charge in [0.15, 0.2) is 0 Å². The molecule has 1 aromatic heterocycles. The molecule has 0 saturated heterocycles. The van der Waals surface area contributed by atoms with Gasteiger partial charge < -0.3 is 5.32 Å². The zero-order valence-corrected chi connectivity index (χ0v) is 5.87. The van der Waals surface area contributed by atoms with Crippen molar-refractivity contribution in [1.82, 2.24) is 16.0 Å². The van der Waals surface area contributed by atoms with Crippen LogP contribution in [0.25, 0.3) is 0 Å². The molecule has 2 N–H and O–H groups in total. The maximum atomic E-state index is 10.2. The van der Waals surface area contributed by atoms with Gasteiger partial charge in [0.05, 0.1) is 0 Å². The smallest absolute Gasteiger partial charge is 0.333 e. The molecule has 1 heterocycles. The molecule has 0 bridgehead atoms. The van der Waals surface area contributed by atoms with E-state index in [-0.39, 0.29) is 0 Å². The van der Waals surface area contributed by atoms with E-state index in [0.717, 1.165) is 5.56 Å². The van der Waals surface area contributed by atoms with Crippen molar-refractivity contribution in [2.75, 3.05) is 0 Å². The third-order valence-corrected chi connectivity index (χ3v) is 1.18. The van der Waals surface area contributed by atoms with E-state index in [1.165, 1.54) is 0 Å². The number of nitrogens with one attached hydrogen (secondary N) is 2. The van der Waals surface area contributed by atoms with Crippen molar-refractivity contribution < 1.29 is 4.79 Å². The Balaban J connectivity index is 2.45. The molecule has 0 spiro atoms. The van der Waals surface area contributed by atoms with Crippen LogP contribution < -0.4 is 11.1 Å². The normalized spacial score (nSPS) is 9.09. The van der Waals surface area contributed by atoms with Gasteiger partial charge in [-0.15, -0.1) is 0 Å².